The average Bonchev–Trinajstić information content (AvgIpc) is 2.83. The quantitative estimate of drug-likeness (QED) is 0.405. The largest absolute Gasteiger partial charge is 0.357 e. The molecule has 8 heteroatoms. The summed E-state index contributed by atoms with van der Waals surface area (Å²) >= 11 is 0. The SMILES string of the molecule is CCNC(=NCc1ccc(S(N)(=O)=O)cc1)N1CCC(C)(C)C1.I. The minimum absolute atomic E-state index is 0. The van der Waals surface area contributed by atoms with Crippen LogP contribution in [-0.4, -0.2) is 38.9 Å². The highest BCUT2D eigenvalue weighted by Crippen LogP contribution is 2.28. The Hall–Kier alpha value is -0.870. The summed E-state index contributed by atoms with van der Waals surface area (Å²) in [5.74, 6) is 0.911. The van der Waals surface area contributed by atoms with Crippen LogP contribution in [0.3, 0.4) is 0 Å². The van der Waals surface area contributed by atoms with E-state index in [1.54, 1.807) is 12.1 Å². The molecule has 0 unspecified atom stereocenters. The van der Waals surface area contributed by atoms with Crippen molar-refractivity contribution in [2.75, 3.05) is 19.6 Å². The van der Waals surface area contributed by atoms with Gasteiger partial charge in [0.1, 0.15) is 0 Å². The van der Waals surface area contributed by atoms with Crippen molar-refractivity contribution in [2.24, 2.45) is 15.5 Å². The minimum atomic E-state index is -3.64. The summed E-state index contributed by atoms with van der Waals surface area (Å²) in [5.41, 5.74) is 1.26. The van der Waals surface area contributed by atoms with Crippen LogP contribution in [0.5, 0.6) is 0 Å². The lowest BCUT2D eigenvalue weighted by atomic mass is 9.93. The predicted molar refractivity (Wildman–Crippen MR) is 108 cm³/mol. The molecule has 6 nitrogen and oxygen atoms in total. The van der Waals surface area contributed by atoms with E-state index < -0.39 is 10.0 Å². The molecule has 0 radical (unpaired) electrons. The molecule has 0 bridgehead atoms. The zero-order valence-corrected chi connectivity index (χ0v) is 17.6. The van der Waals surface area contributed by atoms with Gasteiger partial charge < -0.3 is 10.2 Å². The second-order valence-corrected chi connectivity index (χ2v) is 8.26. The molecule has 1 aliphatic heterocycles. The highest BCUT2D eigenvalue weighted by atomic mass is 127. The number of benzene rings is 1. The molecule has 0 atom stereocenters. The molecule has 1 aromatic rings. The molecule has 24 heavy (non-hydrogen) atoms. The number of rotatable bonds is 4. The topological polar surface area (TPSA) is 87.8 Å². The summed E-state index contributed by atoms with van der Waals surface area (Å²) in [7, 11) is -3.64. The first-order valence-electron chi connectivity index (χ1n) is 7.86. The van der Waals surface area contributed by atoms with Crippen molar-refractivity contribution in [1.82, 2.24) is 10.2 Å². The Labute approximate surface area is 162 Å². The van der Waals surface area contributed by atoms with Crippen LogP contribution >= 0.6 is 24.0 Å². The summed E-state index contributed by atoms with van der Waals surface area (Å²) in [6.45, 7) is 9.90. The van der Waals surface area contributed by atoms with Gasteiger partial charge in [-0.25, -0.2) is 18.5 Å². The Bertz CT molecular complexity index is 672. The van der Waals surface area contributed by atoms with Crippen molar-refractivity contribution in [2.45, 2.75) is 38.6 Å². The lowest BCUT2D eigenvalue weighted by Gasteiger charge is -2.23. The number of primary sulfonamides is 1. The summed E-state index contributed by atoms with van der Waals surface area (Å²) < 4.78 is 22.5. The second-order valence-electron chi connectivity index (χ2n) is 6.69. The Balaban J connectivity index is 0.00000288. The number of nitrogens with one attached hydrogen (secondary N) is 1. The molecular weight excluding hydrogens is 439 g/mol. The van der Waals surface area contributed by atoms with E-state index in [4.69, 9.17) is 5.14 Å². The predicted octanol–water partition coefficient (Wildman–Crippen LogP) is 2.15. The van der Waals surface area contributed by atoms with Crippen LogP contribution in [0.1, 0.15) is 32.8 Å². The van der Waals surface area contributed by atoms with Crippen LogP contribution < -0.4 is 10.5 Å². The van der Waals surface area contributed by atoms with Crippen molar-refractivity contribution >= 4 is 40.0 Å². The summed E-state index contributed by atoms with van der Waals surface area (Å²) in [5, 5.41) is 8.43. The van der Waals surface area contributed by atoms with E-state index in [1.165, 1.54) is 12.1 Å². The molecule has 0 amide bonds. The van der Waals surface area contributed by atoms with Gasteiger partial charge in [-0.2, -0.15) is 0 Å². The molecule has 1 aromatic carbocycles. The van der Waals surface area contributed by atoms with Gasteiger partial charge in [-0.3, -0.25) is 0 Å². The number of nitrogens with two attached hydrogens (primary N) is 1. The van der Waals surface area contributed by atoms with Crippen LogP contribution in [0, 0.1) is 5.41 Å². The maximum atomic E-state index is 11.3. The smallest absolute Gasteiger partial charge is 0.238 e. The molecule has 1 heterocycles. The fourth-order valence-corrected chi connectivity index (χ4v) is 3.19. The Morgan fingerprint density at radius 2 is 1.96 bits per heavy atom. The lowest BCUT2D eigenvalue weighted by molar-refractivity contribution is 0.370. The number of hydrogen-bond acceptors (Lipinski definition) is 3. The maximum Gasteiger partial charge on any atom is 0.238 e. The van der Waals surface area contributed by atoms with E-state index in [1.807, 2.05) is 0 Å². The first-order valence-corrected chi connectivity index (χ1v) is 9.41. The van der Waals surface area contributed by atoms with Crippen molar-refractivity contribution in [3.05, 3.63) is 29.8 Å². The zero-order chi connectivity index (χ0) is 17.1. The normalized spacial score (nSPS) is 17.5. The molecule has 1 fully saturated rings. The van der Waals surface area contributed by atoms with Gasteiger partial charge in [0.15, 0.2) is 5.96 Å². The number of halogens is 1. The molecule has 0 spiro atoms. The zero-order valence-electron chi connectivity index (χ0n) is 14.4. The third-order valence-electron chi connectivity index (χ3n) is 3.98. The third kappa shape index (κ3) is 5.89. The van der Waals surface area contributed by atoms with Crippen molar-refractivity contribution in [3.8, 4) is 0 Å². The molecule has 2 rings (SSSR count). The molecule has 0 aliphatic carbocycles. The van der Waals surface area contributed by atoms with Crippen molar-refractivity contribution in [1.29, 1.82) is 0 Å². The fraction of sp³-hybridized carbons (Fsp3) is 0.562. The third-order valence-corrected chi connectivity index (χ3v) is 4.90. The summed E-state index contributed by atoms with van der Waals surface area (Å²) in [6.07, 6.45) is 1.15. The van der Waals surface area contributed by atoms with Gasteiger partial charge in [-0.1, -0.05) is 26.0 Å². The number of likely N-dealkylation sites (tertiary alicyclic amines) is 1. The van der Waals surface area contributed by atoms with Gasteiger partial charge in [-0.05, 0) is 36.5 Å². The highest BCUT2D eigenvalue weighted by Gasteiger charge is 2.30. The van der Waals surface area contributed by atoms with Gasteiger partial charge in [0.25, 0.3) is 0 Å². The van der Waals surface area contributed by atoms with Crippen LogP contribution in [-0.2, 0) is 16.6 Å². The first kappa shape index (κ1) is 21.2. The maximum absolute atomic E-state index is 11.3. The molecule has 0 aromatic heterocycles. The Morgan fingerprint density at radius 3 is 2.42 bits per heavy atom. The molecule has 136 valence electrons. The van der Waals surface area contributed by atoms with E-state index in [0.29, 0.717) is 12.0 Å². The fourth-order valence-electron chi connectivity index (χ4n) is 2.67. The Kier molecular flexibility index (Phi) is 7.48. The molecular formula is C16H27IN4O2S. The standard InChI is InChI=1S/C16H26N4O2S.HI/c1-4-18-15(20-10-9-16(2,3)12-20)19-11-13-5-7-14(8-6-13)23(17,21)22;/h5-8H,4,9-12H2,1-3H3,(H,18,19)(H2,17,21,22);1H. The molecule has 1 aliphatic rings. The minimum Gasteiger partial charge on any atom is -0.357 e. The van der Waals surface area contributed by atoms with Gasteiger partial charge in [0.2, 0.25) is 10.0 Å². The molecule has 1 saturated heterocycles. The van der Waals surface area contributed by atoms with Gasteiger partial charge in [-0.15, -0.1) is 24.0 Å². The van der Waals surface area contributed by atoms with Crippen LogP contribution in [0.2, 0.25) is 0 Å². The van der Waals surface area contributed by atoms with Gasteiger partial charge in [0.05, 0.1) is 11.4 Å². The van der Waals surface area contributed by atoms with Crippen molar-refractivity contribution < 1.29 is 8.42 Å². The summed E-state index contributed by atoms with van der Waals surface area (Å²) in [6, 6.07) is 6.54. The van der Waals surface area contributed by atoms with E-state index in [0.717, 1.165) is 37.6 Å². The lowest BCUT2D eigenvalue weighted by Crippen LogP contribution is -2.40. The second kappa shape index (κ2) is 8.48. The van der Waals surface area contributed by atoms with Gasteiger partial charge in [0, 0.05) is 19.6 Å². The number of sulfonamides is 1. The molecule has 3 N–H and O–H groups in total. The Morgan fingerprint density at radius 1 is 1.33 bits per heavy atom. The number of aliphatic imine (C=N–C) groups is 1. The monoisotopic (exact) mass is 466 g/mol. The van der Waals surface area contributed by atoms with E-state index in [-0.39, 0.29) is 28.9 Å². The van der Waals surface area contributed by atoms with E-state index in [2.05, 4.69) is 36.0 Å². The average molecular weight is 466 g/mol. The highest BCUT2D eigenvalue weighted by molar-refractivity contribution is 14.0. The number of hydrogen-bond donors (Lipinski definition) is 2. The van der Waals surface area contributed by atoms with E-state index in [9.17, 15) is 8.42 Å². The van der Waals surface area contributed by atoms with E-state index >= 15 is 0 Å². The summed E-state index contributed by atoms with van der Waals surface area (Å²) in [4.78, 5) is 7.08. The molecule has 0 saturated carbocycles. The first-order chi connectivity index (χ1) is 10.7. The van der Waals surface area contributed by atoms with Crippen LogP contribution in [0.15, 0.2) is 34.2 Å². The number of guanidine groups is 1. The van der Waals surface area contributed by atoms with Crippen LogP contribution in [0.25, 0.3) is 0 Å². The number of nitrogens with zero attached hydrogens (tertiary/aromatic N) is 2. The van der Waals surface area contributed by atoms with Gasteiger partial charge >= 0.3 is 0 Å². The van der Waals surface area contributed by atoms with Crippen LogP contribution in [0.4, 0.5) is 0 Å². The van der Waals surface area contributed by atoms with Crippen molar-refractivity contribution in [3.63, 3.8) is 0 Å².